The Morgan fingerprint density at radius 1 is 1.12 bits per heavy atom. The largest absolute Gasteiger partial charge is 0.389 e. The summed E-state index contributed by atoms with van der Waals surface area (Å²) in [7, 11) is 0. The standard InChI is InChI=1S/C15H31NO/c1-3-4-5-6-7-10-14(2)16-13-15(17)11-8-9-12-15/h14,16-17H,3-13H2,1-2H3. The predicted molar refractivity (Wildman–Crippen MR) is 74.3 cm³/mol. The van der Waals surface area contributed by atoms with E-state index in [0.29, 0.717) is 6.04 Å². The Morgan fingerprint density at radius 3 is 2.41 bits per heavy atom. The van der Waals surface area contributed by atoms with E-state index >= 15 is 0 Å². The van der Waals surface area contributed by atoms with E-state index in [1.54, 1.807) is 0 Å². The molecule has 0 heterocycles. The van der Waals surface area contributed by atoms with Crippen LogP contribution < -0.4 is 5.32 Å². The van der Waals surface area contributed by atoms with E-state index < -0.39 is 5.60 Å². The summed E-state index contributed by atoms with van der Waals surface area (Å²) in [4.78, 5) is 0. The lowest BCUT2D eigenvalue weighted by Crippen LogP contribution is -2.41. The maximum Gasteiger partial charge on any atom is 0.0771 e. The zero-order valence-corrected chi connectivity index (χ0v) is 11.8. The molecule has 0 aromatic carbocycles. The van der Waals surface area contributed by atoms with Crippen LogP contribution in [-0.2, 0) is 0 Å². The Hall–Kier alpha value is -0.0800. The van der Waals surface area contributed by atoms with Crippen molar-refractivity contribution in [2.45, 2.75) is 89.7 Å². The minimum absolute atomic E-state index is 0.392. The minimum Gasteiger partial charge on any atom is -0.389 e. The topological polar surface area (TPSA) is 32.3 Å². The molecule has 0 aliphatic heterocycles. The second-order valence-electron chi connectivity index (χ2n) is 5.92. The molecule has 1 fully saturated rings. The highest BCUT2D eigenvalue weighted by Gasteiger charge is 2.30. The molecule has 102 valence electrons. The quantitative estimate of drug-likeness (QED) is 0.604. The molecule has 2 nitrogen and oxygen atoms in total. The number of aliphatic hydroxyl groups is 1. The molecule has 1 atom stereocenters. The first-order valence-electron chi connectivity index (χ1n) is 7.62. The van der Waals surface area contributed by atoms with Crippen molar-refractivity contribution in [2.24, 2.45) is 0 Å². The monoisotopic (exact) mass is 241 g/mol. The molecule has 2 heteroatoms. The number of unbranched alkanes of at least 4 members (excludes halogenated alkanes) is 4. The summed E-state index contributed by atoms with van der Waals surface area (Å²) in [6.07, 6.45) is 12.4. The van der Waals surface area contributed by atoms with E-state index in [1.165, 1.54) is 51.4 Å². The number of hydrogen-bond acceptors (Lipinski definition) is 2. The predicted octanol–water partition coefficient (Wildman–Crippen LogP) is 3.63. The van der Waals surface area contributed by atoms with Crippen LogP contribution in [-0.4, -0.2) is 23.3 Å². The molecule has 17 heavy (non-hydrogen) atoms. The van der Waals surface area contributed by atoms with Gasteiger partial charge in [-0.25, -0.2) is 0 Å². The van der Waals surface area contributed by atoms with Crippen molar-refractivity contribution >= 4 is 0 Å². The van der Waals surface area contributed by atoms with Gasteiger partial charge in [0.1, 0.15) is 0 Å². The second-order valence-corrected chi connectivity index (χ2v) is 5.92. The van der Waals surface area contributed by atoms with Crippen LogP contribution >= 0.6 is 0 Å². The van der Waals surface area contributed by atoms with Gasteiger partial charge in [0.25, 0.3) is 0 Å². The highest BCUT2D eigenvalue weighted by atomic mass is 16.3. The lowest BCUT2D eigenvalue weighted by atomic mass is 10.0. The molecule has 0 saturated heterocycles. The van der Waals surface area contributed by atoms with Crippen molar-refractivity contribution < 1.29 is 5.11 Å². The first-order valence-corrected chi connectivity index (χ1v) is 7.62. The molecule has 1 aliphatic rings. The second kappa shape index (κ2) is 8.10. The van der Waals surface area contributed by atoms with Gasteiger partial charge in [-0.1, -0.05) is 51.9 Å². The first-order chi connectivity index (χ1) is 8.16. The summed E-state index contributed by atoms with van der Waals surface area (Å²) < 4.78 is 0. The summed E-state index contributed by atoms with van der Waals surface area (Å²) >= 11 is 0. The molecule has 2 N–H and O–H groups in total. The van der Waals surface area contributed by atoms with Gasteiger partial charge in [0.05, 0.1) is 5.60 Å². The Morgan fingerprint density at radius 2 is 1.76 bits per heavy atom. The van der Waals surface area contributed by atoms with Crippen LogP contribution in [0.15, 0.2) is 0 Å². The smallest absolute Gasteiger partial charge is 0.0771 e. The van der Waals surface area contributed by atoms with Crippen molar-refractivity contribution in [3.63, 3.8) is 0 Å². The fourth-order valence-electron chi connectivity index (χ4n) is 2.73. The molecule has 0 radical (unpaired) electrons. The molecular weight excluding hydrogens is 210 g/mol. The van der Waals surface area contributed by atoms with E-state index in [1.807, 2.05) is 0 Å². The molecule has 0 aromatic heterocycles. The Bertz CT molecular complexity index is 187. The van der Waals surface area contributed by atoms with E-state index in [4.69, 9.17) is 0 Å². The average Bonchev–Trinajstić information content (AvgIpc) is 2.74. The number of hydrogen-bond donors (Lipinski definition) is 2. The third kappa shape index (κ3) is 6.42. The molecular formula is C15H31NO. The number of nitrogens with one attached hydrogen (secondary N) is 1. The highest BCUT2D eigenvalue weighted by Crippen LogP contribution is 2.28. The van der Waals surface area contributed by atoms with E-state index in [2.05, 4.69) is 19.2 Å². The summed E-state index contributed by atoms with van der Waals surface area (Å²) in [5.41, 5.74) is -0.392. The SMILES string of the molecule is CCCCCCCC(C)NCC1(O)CCCC1. The van der Waals surface area contributed by atoms with Gasteiger partial charge in [-0.15, -0.1) is 0 Å². The Kier molecular flexibility index (Phi) is 7.14. The average molecular weight is 241 g/mol. The van der Waals surface area contributed by atoms with E-state index in [-0.39, 0.29) is 0 Å². The van der Waals surface area contributed by atoms with Gasteiger partial charge in [0.2, 0.25) is 0 Å². The highest BCUT2D eigenvalue weighted by molar-refractivity contribution is 4.86. The van der Waals surface area contributed by atoms with Gasteiger partial charge in [0, 0.05) is 12.6 Å². The minimum atomic E-state index is -0.392. The van der Waals surface area contributed by atoms with Gasteiger partial charge in [0.15, 0.2) is 0 Å². The van der Waals surface area contributed by atoms with Crippen LogP contribution in [0.25, 0.3) is 0 Å². The Balaban J connectivity index is 1.99. The third-order valence-corrected chi connectivity index (χ3v) is 4.05. The molecule has 0 aromatic rings. The molecule has 1 saturated carbocycles. The molecule has 1 aliphatic carbocycles. The summed E-state index contributed by atoms with van der Waals surface area (Å²) in [5, 5.41) is 13.7. The van der Waals surface area contributed by atoms with Crippen molar-refractivity contribution in [1.82, 2.24) is 5.32 Å². The van der Waals surface area contributed by atoms with Crippen molar-refractivity contribution in [2.75, 3.05) is 6.54 Å². The zero-order chi connectivity index (χ0) is 12.6. The van der Waals surface area contributed by atoms with Crippen LogP contribution in [0.3, 0.4) is 0 Å². The van der Waals surface area contributed by atoms with Crippen LogP contribution in [0.1, 0.15) is 78.1 Å². The molecule has 0 bridgehead atoms. The van der Waals surface area contributed by atoms with Gasteiger partial charge in [-0.2, -0.15) is 0 Å². The molecule has 0 spiro atoms. The van der Waals surface area contributed by atoms with Crippen LogP contribution in [0.4, 0.5) is 0 Å². The van der Waals surface area contributed by atoms with Gasteiger partial charge >= 0.3 is 0 Å². The summed E-state index contributed by atoms with van der Waals surface area (Å²) in [5.74, 6) is 0. The van der Waals surface area contributed by atoms with Gasteiger partial charge in [-0.05, 0) is 26.2 Å². The van der Waals surface area contributed by atoms with Gasteiger partial charge in [-0.3, -0.25) is 0 Å². The van der Waals surface area contributed by atoms with Crippen molar-refractivity contribution in [3.05, 3.63) is 0 Å². The van der Waals surface area contributed by atoms with Crippen LogP contribution in [0, 0.1) is 0 Å². The van der Waals surface area contributed by atoms with E-state index in [9.17, 15) is 5.11 Å². The lowest BCUT2D eigenvalue weighted by Gasteiger charge is -2.25. The van der Waals surface area contributed by atoms with Crippen molar-refractivity contribution in [1.29, 1.82) is 0 Å². The normalized spacial score (nSPS) is 20.6. The summed E-state index contributed by atoms with van der Waals surface area (Å²) in [6, 6.07) is 0.557. The Labute approximate surface area is 107 Å². The fraction of sp³-hybridized carbons (Fsp3) is 1.00. The summed E-state index contributed by atoms with van der Waals surface area (Å²) in [6.45, 7) is 5.30. The third-order valence-electron chi connectivity index (χ3n) is 4.05. The molecule has 1 unspecified atom stereocenters. The maximum atomic E-state index is 10.2. The zero-order valence-electron chi connectivity index (χ0n) is 11.8. The van der Waals surface area contributed by atoms with Crippen molar-refractivity contribution in [3.8, 4) is 0 Å². The fourth-order valence-corrected chi connectivity index (χ4v) is 2.73. The molecule has 1 rings (SSSR count). The van der Waals surface area contributed by atoms with Crippen LogP contribution in [0.5, 0.6) is 0 Å². The molecule has 0 amide bonds. The van der Waals surface area contributed by atoms with Crippen LogP contribution in [0.2, 0.25) is 0 Å². The van der Waals surface area contributed by atoms with E-state index in [0.717, 1.165) is 19.4 Å². The number of rotatable bonds is 9. The maximum absolute atomic E-state index is 10.2. The lowest BCUT2D eigenvalue weighted by molar-refractivity contribution is 0.0450. The van der Waals surface area contributed by atoms with Gasteiger partial charge < -0.3 is 10.4 Å². The first kappa shape index (κ1) is 15.0.